The first kappa shape index (κ1) is 54.4. The van der Waals surface area contributed by atoms with E-state index in [4.69, 9.17) is 14.2 Å². The van der Waals surface area contributed by atoms with Gasteiger partial charge in [-0.1, -0.05) is 234 Å². The number of hydrogen-bond donors (Lipinski definition) is 0. The highest BCUT2D eigenvalue weighted by Crippen LogP contribution is 2.17. The molecule has 0 aromatic carbocycles. The molecule has 0 heterocycles. The highest BCUT2D eigenvalue weighted by molar-refractivity contribution is 5.71. The van der Waals surface area contributed by atoms with Gasteiger partial charge in [0.25, 0.3) is 0 Å². The lowest BCUT2D eigenvalue weighted by Gasteiger charge is -2.18. The third-order valence-electron chi connectivity index (χ3n) is 11.2. The maximum Gasteiger partial charge on any atom is 0.306 e. The van der Waals surface area contributed by atoms with Crippen molar-refractivity contribution in [2.45, 2.75) is 278 Å². The van der Waals surface area contributed by atoms with Crippen LogP contribution < -0.4 is 0 Å². The monoisotopic (exact) mass is 793 g/mol. The number of carbonyl (C=O) groups excluding carboxylic acids is 3. The lowest BCUT2D eigenvalue weighted by Crippen LogP contribution is -2.30. The second-order valence-corrected chi connectivity index (χ2v) is 18.1. The lowest BCUT2D eigenvalue weighted by atomic mass is 10.0. The fourth-order valence-corrected chi connectivity index (χ4v) is 7.46. The Morgan fingerprint density at radius 2 is 0.589 bits per heavy atom. The molecule has 0 N–H and O–H groups in total. The van der Waals surface area contributed by atoms with Crippen LogP contribution >= 0.6 is 0 Å². The van der Waals surface area contributed by atoms with Crippen LogP contribution in [0.1, 0.15) is 272 Å². The molecule has 6 nitrogen and oxygen atoms in total. The molecule has 0 bridgehead atoms. The van der Waals surface area contributed by atoms with Crippen LogP contribution in [0.4, 0.5) is 0 Å². The summed E-state index contributed by atoms with van der Waals surface area (Å²) in [6.07, 6.45) is 42.4. The standard InChI is InChI=1S/C50H96O6/c1-6-7-8-9-10-11-19-25-30-35-40-48(51)54-43-47(56-50(53)42-37-32-27-22-21-24-29-34-39-46(4)5)44-55-49(52)41-36-31-26-20-17-15-13-12-14-16-18-23-28-33-38-45(2)3/h45-47H,6-44H2,1-5H3/t47-/m0/s1. The fraction of sp³-hybridized carbons (Fsp3) is 0.940. The van der Waals surface area contributed by atoms with Crippen molar-refractivity contribution in [3.05, 3.63) is 0 Å². The van der Waals surface area contributed by atoms with Crippen LogP contribution in [0.3, 0.4) is 0 Å². The first-order valence-electron chi connectivity index (χ1n) is 24.7. The SMILES string of the molecule is CCCCCCCCCCCCC(=O)OC[C@@H](COC(=O)CCCCCCCCCCCCCCCCC(C)C)OC(=O)CCCCCCCCCCC(C)C. The van der Waals surface area contributed by atoms with Gasteiger partial charge in [-0.25, -0.2) is 0 Å². The maximum absolute atomic E-state index is 12.7. The molecular weight excluding hydrogens is 697 g/mol. The molecule has 0 rings (SSSR count). The topological polar surface area (TPSA) is 78.9 Å². The third kappa shape index (κ3) is 43.5. The first-order valence-corrected chi connectivity index (χ1v) is 24.7. The van der Waals surface area contributed by atoms with Gasteiger partial charge in [-0.2, -0.15) is 0 Å². The Labute approximate surface area is 348 Å². The molecule has 6 heteroatoms. The average molecular weight is 793 g/mol. The van der Waals surface area contributed by atoms with Crippen molar-refractivity contribution < 1.29 is 28.6 Å². The minimum Gasteiger partial charge on any atom is -0.462 e. The van der Waals surface area contributed by atoms with Crippen LogP contribution in [0.25, 0.3) is 0 Å². The predicted molar refractivity (Wildman–Crippen MR) is 238 cm³/mol. The van der Waals surface area contributed by atoms with Crippen LogP contribution in [0.2, 0.25) is 0 Å². The number of unbranched alkanes of at least 4 members (excludes halogenated alkanes) is 29. The van der Waals surface area contributed by atoms with Crippen molar-refractivity contribution in [2.75, 3.05) is 13.2 Å². The van der Waals surface area contributed by atoms with Gasteiger partial charge in [-0.15, -0.1) is 0 Å². The molecule has 56 heavy (non-hydrogen) atoms. The summed E-state index contributed by atoms with van der Waals surface area (Å²) in [5, 5.41) is 0. The quantitative estimate of drug-likeness (QED) is 0.0347. The van der Waals surface area contributed by atoms with Gasteiger partial charge in [0, 0.05) is 19.3 Å². The van der Waals surface area contributed by atoms with Gasteiger partial charge in [0.05, 0.1) is 0 Å². The van der Waals surface area contributed by atoms with Crippen LogP contribution in [0, 0.1) is 11.8 Å². The zero-order valence-electron chi connectivity index (χ0n) is 38.3. The highest BCUT2D eigenvalue weighted by atomic mass is 16.6. The summed E-state index contributed by atoms with van der Waals surface area (Å²) in [5.74, 6) is 0.784. The van der Waals surface area contributed by atoms with Crippen molar-refractivity contribution >= 4 is 17.9 Å². The molecule has 0 saturated heterocycles. The zero-order valence-corrected chi connectivity index (χ0v) is 38.3. The van der Waals surface area contributed by atoms with Crippen LogP contribution in [-0.4, -0.2) is 37.2 Å². The molecule has 0 aliphatic heterocycles. The second kappa shape index (κ2) is 43.0. The van der Waals surface area contributed by atoms with E-state index in [2.05, 4.69) is 34.6 Å². The van der Waals surface area contributed by atoms with E-state index in [0.717, 1.165) is 69.6 Å². The number of rotatable bonds is 44. The maximum atomic E-state index is 12.7. The van der Waals surface area contributed by atoms with E-state index in [1.54, 1.807) is 0 Å². The van der Waals surface area contributed by atoms with E-state index in [9.17, 15) is 14.4 Å². The molecule has 0 unspecified atom stereocenters. The first-order chi connectivity index (χ1) is 27.2. The second-order valence-electron chi connectivity index (χ2n) is 18.1. The van der Waals surface area contributed by atoms with E-state index < -0.39 is 6.10 Å². The third-order valence-corrected chi connectivity index (χ3v) is 11.2. The molecule has 1 atom stereocenters. The van der Waals surface area contributed by atoms with Crippen molar-refractivity contribution in [3.8, 4) is 0 Å². The normalized spacial score (nSPS) is 12.1. The number of esters is 3. The van der Waals surface area contributed by atoms with Crippen LogP contribution in [0.15, 0.2) is 0 Å². The van der Waals surface area contributed by atoms with Gasteiger partial charge in [0.1, 0.15) is 13.2 Å². The van der Waals surface area contributed by atoms with Crippen molar-refractivity contribution in [2.24, 2.45) is 11.8 Å². The van der Waals surface area contributed by atoms with Crippen molar-refractivity contribution in [1.29, 1.82) is 0 Å². The molecule has 0 aromatic heterocycles. The van der Waals surface area contributed by atoms with E-state index in [-0.39, 0.29) is 31.1 Å². The van der Waals surface area contributed by atoms with Crippen LogP contribution in [0.5, 0.6) is 0 Å². The van der Waals surface area contributed by atoms with Gasteiger partial charge >= 0.3 is 17.9 Å². The molecule has 0 aliphatic rings. The number of ether oxygens (including phenoxy) is 3. The van der Waals surface area contributed by atoms with E-state index >= 15 is 0 Å². The van der Waals surface area contributed by atoms with Gasteiger partial charge in [0.2, 0.25) is 0 Å². The number of carbonyl (C=O) groups is 3. The van der Waals surface area contributed by atoms with E-state index in [1.165, 1.54) is 161 Å². The predicted octanol–water partition coefficient (Wildman–Crippen LogP) is 15.8. The Balaban J connectivity index is 4.26. The minimum absolute atomic E-state index is 0.0644. The molecule has 0 aliphatic carbocycles. The number of hydrogen-bond acceptors (Lipinski definition) is 6. The molecule has 0 saturated carbocycles. The smallest absolute Gasteiger partial charge is 0.306 e. The molecule has 332 valence electrons. The Kier molecular flexibility index (Phi) is 41.8. The fourth-order valence-electron chi connectivity index (χ4n) is 7.46. The molecule has 0 amide bonds. The molecule has 0 radical (unpaired) electrons. The summed E-state index contributed by atoms with van der Waals surface area (Å²) in [7, 11) is 0. The van der Waals surface area contributed by atoms with Gasteiger partial charge in [0.15, 0.2) is 6.10 Å². The van der Waals surface area contributed by atoms with E-state index in [1.807, 2.05) is 0 Å². The highest BCUT2D eigenvalue weighted by Gasteiger charge is 2.19. The summed E-state index contributed by atoms with van der Waals surface area (Å²) >= 11 is 0. The summed E-state index contributed by atoms with van der Waals surface area (Å²) in [6, 6.07) is 0. The molecule has 0 aromatic rings. The Hall–Kier alpha value is -1.59. The van der Waals surface area contributed by atoms with Gasteiger partial charge < -0.3 is 14.2 Å². The Morgan fingerprint density at radius 1 is 0.339 bits per heavy atom. The summed E-state index contributed by atoms with van der Waals surface area (Å²) < 4.78 is 16.7. The largest absolute Gasteiger partial charge is 0.462 e. The van der Waals surface area contributed by atoms with Crippen molar-refractivity contribution in [1.82, 2.24) is 0 Å². The van der Waals surface area contributed by atoms with Gasteiger partial charge in [-0.05, 0) is 31.1 Å². The van der Waals surface area contributed by atoms with E-state index in [0.29, 0.717) is 19.3 Å². The molecule has 0 fully saturated rings. The zero-order chi connectivity index (χ0) is 41.2. The Morgan fingerprint density at radius 3 is 0.875 bits per heavy atom. The average Bonchev–Trinajstić information content (AvgIpc) is 3.16. The van der Waals surface area contributed by atoms with Gasteiger partial charge in [-0.3, -0.25) is 14.4 Å². The summed E-state index contributed by atoms with van der Waals surface area (Å²) in [6.45, 7) is 11.3. The van der Waals surface area contributed by atoms with Crippen LogP contribution in [-0.2, 0) is 28.6 Å². The lowest BCUT2D eigenvalue weighted by molar-refractivity contribution is -0.167. The van der Waals surface area contributed by atoms with Crippen molar-refractivity contribution in [3.63, 3.8) is 0 Å². The molecular formula is C50H96O6. The molecule has 0 spiro atoms. The minimum atomic E-state index is -0.760. The Bertz CT molecular complexity index is 854. The summed E-state index contributed by atoms with van der Waals surface area (Å²) in [5.41, 5.74) is 0. The summed E-state index contributed by atoms with van der Waals surface area (Å²) in [4.78, 5) is 37.8.